The summed E-state index contributed by atoms with van der Waals surface area (Å²) < 4.78 is 0. The molecule has 0 spiro atoms. The van der Waals surface area contributed by atoms with E-state index in [0.29, 0.717) is 17.7 Å². The average Bonchev–Trinajstić information content (AvgIpc) is 3.41. The van der Waals surface area contributed by atoms with Crippen LogP contribution in [0.25, 0.3) is 0 Å². The van der Waals surface area contributed by atoms with Gasteiger partial charge in [0.2, 0.25) is 0 Å². The van der Waals surface area contributed by atoms with Gasteiger partial charge in [0, 0.05) is 36.2 Å². The van der Waals surface area contributed by atoms with E-state index in [-0.39, 0.29) is 30.3 Å². The molecule has 2 aromatic rings. The molecular formula is C22H22N2O4. The van der Waals surface area contributed by atoms with Gasteiger partial charge in [-0.15, -0.1) is 0 Å². The van der Waals surface area contributed by atoms with Crippen LogP contribution in [0, 0.1) is 5.92 Å². The SMILES string of the molecule is O=C(NC1CC1)c1ccc(C(=O)N2CC(C(=O)O)C(c3ccccc3)C2)cc1. The number of rotatable bonds is 5. The maximum Gasteiger partial charge on any atom is 0.308 e. The van der Waals surface area contributed by atoms with Crippen LogP contribution in [0.3, 0.4) is 0 Å². The quantitative estimate of drug-likeness (QED) is 0.837. The lowest BCUT2D eigenvalue weighted by Gasteiger charge is -2.17. The normalized spacial score (nSPS) is 21.4. The molecule has 1 aliphatic heterocycles. The summed E-state index contributed by atoms with van der Waals surface area (Å²) in [5.41, 5.74) is 1.91. The molecule has 1 heterocycles. The number of hydrogen-bond acceptors (Lipinski definition) is 3. The van der Waals surface area contributed by atoms with Gasteiger partial charge >= 0.3 is 5.97 Å². The zero-order chi connectivity index (χ0) is 19.7. The van der Waals surface area contributed by atoms with Crippen molar-refractivity contribution >= 4 is 17.8 Å². The number of carboxylic acids is 1. The number of carbonyl (C=O) groups is 3. The van der Waals surface area contributed by atoms with Crippen molar-refractivity contribution < 1.29 is 19.5 Å². The number of carboxylic acid groups (broad SMARTS) is 1. The highest BCUT2D eigenvalue weighted by molar-refractivity contribution is 5.98. The summed E-state index contributed by atoms with van der Waals surface area (Å²) in [5.74, 6) is -2.09. The van der Waals surface area contributed by atoms with Crippen LogP contribution in [0.2, 0.25) is 0 Å². The molecule has 2 aliphatic rings. The molecule has 1 aliphatic carbocycles. The summed E-state index contributed by atoms with van der Waals surface area (Å²) in [4.78, 5) is 38.3. The van der Waals surface area contributed by atoms with Crippen molar-refractivity contribution in [2.24, 2.45) is 5.92 Å². The second-order valence-electron chi connectivity index (χ2n) is 7.50. The van der Waals surface area contributed by atoms with Gasteiger partial charge in [-0.25, -0.2) is 0 Å². The second-order valence-corrected chi connectivity index (χ2v) is 7.50. The van der Waals surface area contributed by atoms with Gasteiger partial charge in [-0.3, -0.25) is 14.4 Å². The first-order valence-corrected chi connectivity index (χ1v) is 9.51. The number of aliphatic carboxylic acids is 1. The number of nitrogens with one attached hydrogen (secondary N) is 1. The fourth-order valence-corrected chi connectivity index (χ4v) is 3.70. The Hall–Kier alpha value is -3.15. The summed E-state index contributed by atoms with van der Waals surface area (Å²) in [6.45, 7) is 0.543. The fourth-order valence-electron chi connectivity index (χ4n) is 3.70. The van der Waals surface area contributed by atoms with Crippen molar-refractivity contribution in [1.29, 1.82) is 0 Å². The Morgan fingerprint density at radius 3 is 2.14 bits per heavy atom. The average molecular weight is 378 g/mol. The molecule has 0 bridgehead atoms. The smallest absolute Gasteiger partial charge is 0.308 e. The summed E-state index contributed by atoms with van der Waals surface area (Å²) in [6.07, 6.45) is 2.04. The van der Waals surface area contributed by atoms with E-state index in [1.54, 1.807) is 29.2 Å². The third kappa shape index (κ3) is 3.76. The van der Waals surface area contributed by atoms with Crippen molar-refractivity contribution in [3.63, 3.8) is 0 Å². The monoisotopic (exact) mass is 378 g/mol. The molecule has 2 amide bonds. The molecule has 0 radical (unpaired) electrons. The minimum Gasteiger partial charge on any atom is -0.481 e. The third-order valence-electron chi connectivity index (χ3n) is 5.46. The van der Waals surface area contributed by atoms with E-state index >= 15 is 0 Å². The molecule has 1 saturated heterocycles. The van der Waals surface area contributed by atoms with Crippen molar-refractivity contribution in [3.8, 4) is 0 Å². The van der Waals surface area contributed by atoms with Gasteiger partial charge in [0.1, 0.15) is 0 Å². The maximum atomic E-state index is 12.9. The molecule has 0 aromatic heterocycles. The first kappa shape index (κ1) is 18.2. The topological polar surface area (TPSA) is 86.7 Å². The minimum atomic E-state index is -0.892. The summed E-state index contributed by atoms with van der Waals surface area (Å²) in [6, 6.07) is 16.3. The van der Waals surface area contributed by atoms with Crippen LogP contribution >= 0.6 is 0 Å². The molecule has 2 unspecified atom stereocenters. The molecule has 2 atom stereocenters. The van der Waals surface area contributed by atoms with Crippen molar-refractivity contribution in [2.75, 3.05) is 13.1 Å². The van der Waals surface area contributed by atoms with E-state index in [2.05, 4.69) is 5.32 Å². The van der Waals surface area contributed by atoms with Gasteiger partial charge in [0.05, 0.1) is 5.92 Å². The van der Waals surface area contributed by atoms with Crippen LogP contribution in [0.15, 0.2) is 54.6 Å². The standard InChI is InChI=1S/C22H22N2O4/c25-20(23-17-10-11-17)15-6-8-16(9-7-15)21(26)24-12-18(19(13-24)22(27)28)14-4-2-1-3-5-14/h1-9,17-19H,10-13H2,(H,23,25)(H,27,28). The summed E-state index contributed by atoms with van der Waals surface area (Å²) in [7, 11) is 0. The highest BCUT2D eigenvalue weighted by Gasteiger charge is 2.40. The molecule has 2 aromatic carbocycles. The molecular weight excluding hydrogens is 356 g/mol. The van der Waals surface area contributed by atoms with Crippen LogP contribution in [0.5, 0.6) is 0 Å². The largest absolute Gasteiger partial charge is 0.481 e. The molecule has 1 saturated carbocycles. The summed E-state index contributed by atoms with van der Waals surface area (Å²) >= 11 is 0. The van der Waals surface area contributed by atoms with Crippen LogP contribution in [-0.4, -0.2) is 46.9 Å². The highest BCUT2D eigenvalue weighted by atomic mass is 16.4. The van der Waals surface area contributed by atoms with Gasteiger partial charge < -0.3 is 15.3 Å². The highest BCUT2D eigenvalue weighted by Crippen LogP contribution is 2.33. The van der Waals surface area contributed by atoms with Crippen molar-refractivity contribution in [2.45, 2.75) is 24.8 Å². The molecule has 2 N–H and O–H groups in total. The maximum absolute atomic E-state index is 12.9. The van der Waals surface area contributed by atoms with E-state index in [4.69, 9.17) is 0 Å². The lowest BCUT2D eigenvalue weighted by molar-refractivity contribution is -0.141. The van der Waals surface area contributed by atoms with Crippen LogP contribution in [0.4, 0.5) is 0 Å². The van der Waals surface area contributed by atoms with Crippen LogP contribution in [0.1, 0.15) is 45.0 Å². The van der Waals surface area contributed by atoms with E-state index in [9.17, 15) is 19.5 Å². The van der Waals surface area contributed by atoms with E-state index in [1.807, 2.05) is 30.3 Å². The molecule has 6 heteroatoms. The Bertz CT molecular complexity index is 891. The zero-order valence-electron chi connectivity index (χ0n) is 15.4. The Balaban J connectivity index is 1.48. The molecule has 28 heavy (non-hydrogen) atoms. The minimum absolute atomic E-state index is 0.127. The lowest BCUT2D eigenvalue weighted by atomic mass is 9.89. The first-order valence-electron chi connectivity index (χ1n) is 9.51. The Labute approximate surface area is 163 Å². The van der Waals surface area contributed by atoms with Crippen molar-refractivity contribution in [3.05, 3.63) is 71.3 Å². The lowest BCUT2D eigenvalue weighted by Crippen LogP contribution is -2.30. The van der Waals surface area contributed by atoms with Gasteiger partial charge in [-0.1, -0.05) is 30.3 Å². The van der Waals surface area contributed by atoms with Crippen LogP contribution in [-0.2, 0) is 4.79 Å². The first-order chi connectivity index (χ1) is 13.5. The molecule has 6 nitrogen and oxygen atoms in total. The van der Waals surface area contributed by atoms with E-state index in [1.165, 1.54) is 0 Å². The van der Waals surface area contributed by atoms with Gasteiger partial charge in [0.25, 0.3) is 11.8 Å². The number of amides is 2. The Kier molecular flexibility index (Phi) is 4.86. The third-order valence-corrected chi connectivity index (χ3v) is 5.46. The summed E-state index contributed by atoms with van der Waals surface area (Å²) in [5, 5.41) is 12.5. The predicted octanol–water partition coefficient (Wildman–Crippen LogP) is 2.52. The zero-order valence-corrected chi connectivity index (χ0v) is 15.4. The number of hydrogen-bond donors (Lipinski definition) is 2. The van der Waals surface area contributed by atoms with Crippen LogP contribution < -0.4 is 5.32 Å². The Morgan fingerprint density at radius 1 is 0.893 bits per heavy atom. The predicted molar refractivity (Wildman–Crippen MR) is 103 cm³/mol. The number of nitrogens with zero attached hydrogens (tertiary/aromatic N) is 1. The molecule has 4 rings (SSSR count). The number of likely N-dealkylation sites (tertiary alicyclic amines) is 1. The molecule has 144 valence electrons. The van der Waals surface area contributed by atoms with Gasteiger partial charge in [-0.2, -0.15) is 0 Å². The molecule has 2 fully saturated rings. The van der Waals surface area contributed by atoms with Crippen molar-refractivity contribution in [1.82, 2.24) is 10.2 Å². The second kappa shape index (κ2) is 7.46. The number of carbonyl (C=O) groups excluding carboxylic acids is 2. The van der Waals surface area contributed by atoms with Gasteiger partial charge in [0.15, 0.2) is 0 Å². The Morgan fingerprint density at radius 2 is 1.54 bits per heavy atom. The van der Waals surface area contributed by atoms with Gasteiger partial charge in [-0.05, 0) is 42.7 Å². The fraction of sp³-hybridized carbons (Fsp3) is 0.318. The van der Waals surface area contributed by atoms with E-state index in [0.717, 1.165) is 18.4 Å². The number of benzene rings is 2. The van der Waals surface area contributed by atoms with E-state index < -0.39 is 11.9 Å².